The molecule has 0 radical (unpaired) electrons. The van der Waals surface area contributed by atoms with E-state index in [2.05, 4.69) is 26.0 Å². The van der Waals surface area contributed by atoms with Gasteiger partial charge in [-0.25, -0.2) is 0 Å². The van der Waals surface area contributed by atoms with Gasteiger partial charge in [0.2, 0.25) is 0 Å². The summed E-state index contributed by atoms with van der Waals surface area (Å²) >= 11 is 0. The Bertz CT molecular complexity index is 450. The van der Waals surface area contributed by atoms with Gasteiger partial charge < -0.3 is 10.2 Å². The number of aliphatic hydroxyl groups excluding tert-OH is 2. The van der Waals surface area contributed by atoms with Crippen molar-refractivity contribution in [3.05, 3.63) is 47.1 Å². The predicted octanol–water partition coefficient (Wildman–Crippen LogP) is 4.32. The third-order valence-electron chi connectivity index (χ3n) is 4.33. The number of hydrogen-bond donors (Lipinski definition) is 2. The van der Waals surface area contributed by atoms with Crippen LogP contribution in [0.1, 0.15) is 53.4 Å². The van der Waals surface area contributed by atoms with Crippen LogP contribution in [-0.4, -0.2) is 22.9 Å². The van der Waals surface area contributed by atoms with Crippen LogP contribution < -0.4 is 0 Å². The molecule has 0 bridgehead atoms. The molecule has 2 N–H and O–H groups in total. The first-order chi connectivity index (χ1) is 9.86. The van der Waals surface area contributed by atoms with E-state index in [4.69, 9.17) is 5.11 Å². The first kappa shape index (κ1) is 17.9. The molecule has 1 rings (SSSR count). The summed E-state index contributed by atoms with van der Waals surface area (Å²) in [6.45, 7) is 8.52. The molecular weight excluding hydrogens is 260 g/mol. The average molecular weight is 290 g/mol. The van der Waals surface area contributed by atoms with Gasteiger partial charge in [0.05, 0.1) is 12.7 Å². The van der Waals surface area contributed by atoms with Gasteiger partial charge >= 0.3 is 0 Å². The molecule has 0 saturated heterocycles. The van der Waals surface area contributed by atoms with Crippen LogP contribution in [0.25, 0.3) is 0 Å². The Hall–Kier alpha value is -1.12. The Morgan fingerprint density at radius 2 is 2.05 bits per heavy atom. The molecule has 2 heteroatoms. The van der Waals surface area contributed by atoms with Crippen molar-refractivity contribution < 1.29 is 10.2 Å². The van der Waals surface area contributed by atoms with E-state index < -0.39 is 6.10 Å². The molecule has 0 saturated carbocycles. The van der Waals surface area contributed by atoms with Gasteiger partial charge in [-0.2, -0.15) is 0 Å². The molecule has 1 aliphatic rings. The highest BCUT2D eigenvalue weighted by Gasteiger charge is 2.24. The van der Waals surface area contributed by atoms with Crippen LogP contribution in [-0.2, 0) is 0 Å². The van der Waals surface area contributed by atoms with E-state index in [1.165, 1.54) is 24.8 Å². The first-order valence-electron chi connectivity index (χ1n) is 7.87. The summed E-state index contributed by atoms with van der Waals surface area (Å²) in [6.07, 6.45) is 13.9. The lowest BCUT2D eigenvalue weighted by Crippen LogP contribution is -2.18. The molecule has 0 aromatic rings. The summed E-state index contributed by atoms with van der Waals surface area (Å²) in [6, 6.07) is 0. The van der Waals surface area contributed by atoms with Gasteiger partial charge in [0, 0.05) is 0 Å². The van der Waals surface area contributed by atoms with Crippen molar-refractivity contribution in [3.8, 4) is 0 Å². The normalized spacial score (nSPS) is 21.5. The van der Waals surface area contributed by atoms with E-state index in [1.54, 1.807) is 12.2 Å². The van der Waals surface area contributed by atoms with Crippen LogP contribution in [0.4, 0.5) is 0 Å². The number of rotatable bonds is 6. The van der Waals surface area contributed by atoms with Crippen LogP contribution in [0.2, 0.25) is 0 Å². The van der Waals surface area contributed by atoms with Crippen molar-refractivity contribution in [1.82, 2.24) is 0 Å². The van der Waals surface area contributed by atoms with Crippen molar-refractivity contribution in [2.75, 3.05) is 6.61 Å². The fourth-order valence-electron chi connectivity index (χ4n) is 2.62. The molecule has 1 aliphatic carbocycles. The lowest BCUT2D eigenvalue weighted by Gasteiger charge is -2.31. The third kappa shape index (κ3) is 6.03. The summed E-state index contributed by atoms with van der Waals surface area (Å²) < 4.78 is 0. The SMILES string of the molecule is CC(/C=C\C(O)/C(C)=C/CC1=CCCCC1(C)C)=C/CO. The summed E-state index contributed by atoms with van der Waals surface area (Å²) in [5.41, 5.74) is 3.71. The Labute approximate surface area is 129 Å². The zero-order chi connectivity index (χ0) is 15.9. The van der Waals surface area contributed by atoms with Crippen molar-refractivity contribution in [2.45, 2.75) is 59.5 Å². The highest BCUT2D eigenvalue weighted by Crippen LogP contribution is 2.38. The largest absolute Gasteiger partial charge is 0.392 e. The fourth-order valence-corrected chi connectivity index (χ4v) is 2.62. The Kier molecular flexibility index (Phi) is 7.13. The minimum atomic E-state index is -0.556. The maximum atomic E-state index is 10.1. The fraction of sp³-hybridized carbons (Fsp3) is 0.579. The van der Waals surface area contributed by atoms with Crippen molar-refractivity contribution in [2.24, 2.45) is 5.41 Å². The molecule has 0 heterocycles. The molecule has 21 heavy (non-hydrogen) atoms. The van der Waals surface area contributed by atoms with Crippen LogP contribution in [0, 0.1) is 5.41 Å². The minimum Gasteiger partial charge on any atom is -0.392 e. The molecule has 1 atom stereocenters. The maximum Gasteiger partial charge on any atom is 0.0932 e. The van der Waals surface area contributed by atoms with E-state index in [0.717, 1.165) is 17.6 Å². The van der Waals surface area contributed by atoms with Gasteiger partial charge in [-0.3, -0.25) is 0 Å². The van der Waals surface area contributed by atoms with Gasteiger partial charge in [0.25, 0.3) is 0 Å². The van der Waals surface area contributed by atoms with Gasteiger partial charge in [0.15, 0.2) is 0 Å². The Morgan fingerprint density at radius 3 is 2.67 bits per heavy atom. The average Bonchev–Trinajstić information content (AvgIpc) is 2.43. The van der Waals surface area contributed by atoms with Crippen LogP contribution >= 0.6 is 0 Å². The summed E-state index contributed by atoms with van der Waals surface area (Å²) in [7, 11) is 0. The van der Waals surface area contributed by atoms with Gasteiger partial charge in [0.1, 0.15) is 0 Å². The van der Waals surface area contributed by atoms with Gasteiger partial charge in [-0.05, 0) is 50.5 Å². The molecule has 0 spiro atoms. The molecule has 0 fully saturated rings. The second-order valence-electron chi connectivity index (χ2n) is 6.59. The molecular formula is C19H30O2. The number of allylic oxidation sites excluding steroid dienone is 5. The highest BCUT2D eigenvalue weighted by molar-refractivity contribution is 5.24. The zero-order valence-electron chi connectivity index (χ0n) is 13.9. The first-order valence-corrected chi connectivity index (χ1v) is 7.87. The smallest absolute Gasteiger partial charge is 0.0932 e. The number of hydrogen-bond acceptors (Lipinski definition) is 2. The second kappa shape index (κ2) is 8.35. The summed E-state index contributed by atoms with van der Waals surface area (Å²) in [5, 5.41) is 18.9. The Morgan fingerprint density at radius 1 is 1.33 bits per heavy atom. The topological polar surface area (TPSA) is 40.5 Å². The van der Waals surface area contributed by atoms with Gasteiger partial charge in [-0.15, -0.1) is 0 Å². The zero-order valence-corrected chi connectivity index (χ0v) is 13.9. The van der Waals surface area contributed by atoms with E-state index in [-0.39, 0.29) is 12.0 Å². The van der Waals surface area contributed by atoms with E-state index in [0.29, 0.717) is 0 Å². The second-order valence-corrected chi connectivity index (χ2v) is 6.59. The lowest BCUT2D eigenvalue weighted by atomic mass is 9.74. The monoisotopic (exact) mass is 290 g/mol. The van der Waals surface area contributed by atoms with Crippen LogP contribution in [0.15, 0.2) is 47.1 Å². The molecule has 0 aliphatic heterocycles. The molecule has 1 unspecified atom stereocenters. The van der Waals surface area contributed by atoms with Crippen molar-refractivity contribution in [3.63, 3.8) is 0 Å². The predicted molar refractivity (Wildman–Crippen MR) is 90.1 cm³/mol. The van der Waals surface area contributed by atoms with E-state index >= 15 is 0 Å². The lowest BCUT2D eigenvalue weighted by molar-refractivity contribution is 0.258. The standard InChI is InChI=1S/C19H30O2/c1-15(12-14-20)8-11-18(21)16(2)9-10-17-7-5-6-13-19(17,3)4/h7-9,11-12,18,20-21H,5-6,10,13-14H2,1-4H3/b11-8-,15-12-,16-9+. The van der Waals surface area contributed by atoms with Gasteiger partial charge in [-0.1, -0.05) is 55.4 Å². The molecule has 0 aromatic heterocycles. The third-order valence-corrected chi connectivity index (χ3v) is 4.33. The Balaban J connectivity index is 2.64. The molecule has 0 aromatic carbocycles. The molecule has 0 amide bonds. The minimum absolute atomic E-state index is 0.0321. The highest BCUT2D eigenvalue weighted by atomic mass is 16.3. The molecule has 118 valence electrons. The van der Waals surface area contributed by atoms with E-state index in [9.17, 15) is 5.11 Å². The van der Waals surface area contributed by atoms with Crippen molar-refractivity contribution in [1.29, 1.82) is 0 Å². The quantitative estimate of drug-likeness (QED) is 0.565. The maximum absolute atomic E-state index is 10.1. The van der Waals surface area contributed by atoms with E-state index in [1.807, 2.05) is 19.9 Å². The van der Waals surface area contributed by atoms with Crippen LogP contribution in [0.5, 0.6) is 0 Å². The summed E-state index contributed by atoms with van der Waals surface area (Å²) in [4.78, 5) is 0. The molecule has 2 nitrogen and oxygen atoms in total. The van der Waals surface area contributed by atoms with Crippen LogP contribution in [0.3, 0.4) is 0 Å². The number of aliphatic hydroxyl groups is 2. The van der Waals surface area contributed by atoms with Crippen molar-refractivity contribution >= 4 is 0 Å². The summed E-state index contributed by atoms with van der Waals surface area (Å²) in [5.74, 6) is 0.